The van der Waals surface area contributed by atoms with Gasteiger partial charge in [-0.25, -0.2) is 4.39 Å². The van der Waals surface area contributed by atoms with E-state index in [4.69, 9.17) is 5.73 Å². The Morgan fingerprint density at radius 2 is 1.95 bits per heavy atom. The number of alkyl halides is 3. The molecule has 0 aromatic heterocycles. The number of hydrogen-bond donors (Lipinski definition) is 1. The number of halogens is 4. The second-order valence-electron chi connectivity index (χ2n) is 4.83. The maximum absolute atomic E-state index is 13.4. The number of carbonyl (C=O) groups is 1. The van der Waals surface area contributed by atoms with E-state index in [-0.39, 0.29) is 23.3 Å². The Kier molecular flexibility index (Phi) is 3.62. The molecule has 2 atom stereocenters. The van der Waals surface area contributed by atoms with Crippen LogP contribution in [-0.2, 0) is 6.18 Å². The van der Waals surface area contributed by atoms with E-state index in [1.165, 1.54) is 0 Å². The zero-order valence-electron chi connectivity index (χ0n) is 10.0. The predicted octanol–water partition coefficient (Wildman–Crippen LogP) is 3.15. The van der Waals surface area contributed by atoms with Crippen LogP contribution in [0, 0.1) is 11.7 Å². The fourth-order valence-corrected chi connectivity index (χ4v) is 2.39. The lowest BCUT2D eigenvalue weighted by molar-refractivity contribution is -0.140. The van der Waals surface area contributed by atoms with Crippen LogP contribution in [0.25, 0.3) is 0 Å². The van der Waals surface area contributed by atoms with Crippen molar-refractivity contribution in [1.82, 2.24) is 0 Å². The molecule has 19 heavy (non-hydrogen) atoms. The second-order valence-corrected chi connectivity index (χ2v) is 4.83. The highest BCUT2D eigenvalue weighted by molar-refractivity contribution is 5.98. The molecule has 2 nitrogen and oxygen atoms in total. The van der Waals surface area contributed by atoms with Crippen LogP contribution in [0.1, 0.15) is 35.2 Å². The molecule has 0 heterocycles. The van der Waals surface area contributed by atoms with E-state index < -0.39 is 17.6 Å². The third-order valence-corrected chi connectivity index (χ3v) is 3.40. The summed E-state index contributed by atoms with van der Waals surface area (Å²) in [6.07, 6.45) is -2.94. The van der Waals surface area contributed by atoms with E-state index in [1.54, 1.807) is 0 Å². The summed E-state index contributed by atoms with van der Waals surface area (Å²) >= 11 is 0. The maximum Gasteiger partial charge on any atom is 0.419 e. The Morgan fingerprint density at radius 1 is 1.26 bits per heavy atom. The van der Waals surface area contributed by atoms with Crippen molar-refractivity contribution in [1.29, 1.82) is 0 Å². The minimum atomic E-state index is -4.75. The standard InChI is InChI=1S/C13H13F4NO/c14-11-6-8(2-4-10(11)13(15,16)17)12(19)7-1-3-9(18)5-7/h2,4,6-7,9H,1,3,5,18H2. The Bertz CT molecular complexity index is 498. The average molecular weight is 275 g/mol. The summed E-state index contributed by atoms with van der Waals surface area (Å²) in [5.74, 6) is -2.06. The van der Waals surface area contributed by atoms with Gasteiger partial charge in [0.15, 0.2) is 5.78 Å². The molecule has 0 amide bonds. The quantitative estimate of drug-likeness (QED) is 0.665. The molecule has 1 saturated carbocycles. The molecule has 1 aromatic carbocycles. The lowest BCUT2D eigenvalue weighted by atomic mass is 9.95. The van der Waals surface area contributed by atoms with Crippen molar-refractivity contribution < 1.29 is 22.4 Å². The number of benzene rings is 1. The van der Waals surface area contributed by atoms with Gasteiger partial charge in [0, 0.05) is 17.5 Å². The molecule has 0 bridgehead atoms. The summed E-state index contributed by atoms with van der Waals surface area (Å²) in [5, 5.41) is 0. The van der Waals surface area contributed by atoms with Crippen LogP contribution in [0.4, 0.5) is 17.6 Å². The van der Waals surface area contributed by atoms with Crippen molar-refractivity contribution in [2.75, 3.05) is 0 Å². The van der Waals surface area contributed by atoms with Crippen molar-refractivity contribution in [3.05, 3.63) is 35.1 Å². The van der Waals surface area contributed by atoms with Crippen molar-refractivity contribution in [2.24, 2.45) is 11.7 Å². The van der Waals surface area contributed by atoms with E-state index in [0.717, 1.165) is 6.07 Å². The van der Waals surface area contributed by atoms with E-state index in [1.807, 2.05) is 0 Å². The molecule has 2 unspecified atom stereocenters. The van der Waals surface area contributed by atoms with Gasteiger partial charge in [0.1, 0.15) is 5.82 Å². The zero-order chi connectivity index (χ0) is 14.2. The summed E-state index contributed by atoms with van der Waals surface area (Å²) in [7, 11) is 0. The monoisotopic (exact) mass is 275 g/mol. The van der Waals surface area contributed by atoms with Gasteiger partial charge in [-0.05, 0) is 31.4 Å². The Balaban J connectivity index is 2.23. The van der Waals surface area contributed by atoms with Crippen molar-refractivity contribution in [3.8, 4) is 0 Å². The molecule has 0 aliphatic heterocycles. The summed E-state index contributed by atoms with van der Waals surface area (Å²) in [6.45, 7) is 0. The second kappa shape index (κ2) is 4.92. The lowest BCUT2D eigenvalue weighted by Gasteiger charge is -2.11. The third kappa shape index (κ3) is 2.94. The van der Waals surface area contributed by atoms with Crippen LogP contribution < -0.4 is 5.73 Å². The van der Waals surface area contributed by atoms with Gasteiger partial charge >= 0.3 is 6.18 Å². The first kappa shape index (κ1) is 14.0. The molecular formula is C13H13F4NO. The minimum absolute atomic E-state index is 0.0235. The maximum atomic E-state index is 13.4. The van der Waals surface area contributed by atoms with Crippen LogP contribution in [0.2, 0.25) is 0 Å². The van der Waals surface area contributed by atoms with Gasteiger partial charge < -0.3 is 5.73 Å². The summed E-state index contributed by atoms with van der Waals surface area (Å²) in [5.41, 5.74) is 4.30. The SMILES string of the molecule is NC1CCC(C(=O)c2ccc(C(F)(F)F)c(F)c2)C1. The fourth-order valence-electron chi connectivity index (χ4n) is 2.39. The number of nitrogens with two attached hydrogens (primary N) is 1. The Morgan fingerprint density at radius 3 is 2.42 bits per heavy atom. The lowest BCUT2D eigenvalue weighted by Crippen LogP contribution is -2.18. The van der Waals surface area contributed by atoms with Gasteiger partial charge in [-0.1, -0.05) is 6.07 Å². The molecule has 0 saturated heterocycles. The predicted molar refractivity (Wildman–Crippen MR) is 61.0 cm³/mol. The fraction of sp³-hybridized carbons (Fsp3) is 0.462. The number of carbonyl (C=O) groups excluding carboxylic acids is 1. The number of ketones is 1. The highest BCUT2D eigenvalue weighted by Gasteiger charge is 2.35. The summed E-state index contributed by atoms with van der Waals surface area (Å²) in [4.78, 5) is 12.0. The van der Waals surface area contributed by atoms with Crippen LogP contribution in [-0.4, -0.2) is 11.8 Å². The molecule has 1 aliphatic rings. The van der Waals surface area contributed by atoms with Gasteiger partial charge in [0.05, 0.1) is 5.56 Å². The topological polar surface area (TPSA) is 43.1 Å². The average Bonchev–Trinajstić information content (AvgIpc) is 2.73. The third-order valence-electron chi connectivity index (χ3n) is 3.40. The molecule has 1 fully saturated rings. The molecule has 1 aliphatic carbocycles. The summed E-state index contributed by atoms with van der Waals surface area (Å²) in [6, 6.07) is 2.23. The molecule has 0 radical (unpaired) electrons. The minimum Gasteiger partial charge on any atom is -0.328 e. The van der Waals surface area contributed by atoms with E-state index in [2.05, 4.69) is 0 Å². The van der Waals surface area contributed by atoms with Crippen molar-refractivity contribution in [3.63, 3.8) is 0 Å². The largest absolute Gasteiger partial charge is 0.419 e. The number of Topliss-reactive ketones (excluding diaryl/α,β-unsaturated/α-hetero) is 1. The first-order valence-electron chi connectivity index (χ1n) is 5.95. The van der Waals surface area contributed by atoms with Crippen LogP contribution >= 0.6 is 0 Å². The van der Waals surface area contributed by atoms with Gasteiger partial charge in [-0.3, -0.25) is 4.79 Å². The van der Waals surface area contributed by atoms with Gasteiger partial charge in [0.25, 0.3) is 0 Å². The molecule has 1 aromatic rings. The Hall–Kier alpha value is -1.43. The van der Waals surface area contributed by atoms with Gasteiger partial charge in [0.2, 0.25) is 0 Å². The van der Waals surface area contributed by atoms with Gasteiger partial charge in [-0.2, -0.15) is 13.2 Å². The van der Waals surface area contributed by atoms with Crippen LogP contribution in [0.5, 0.6) is 0 Å². The molecule has 104 valence electrons. The molecular weight excluding hydrogens is 262 g/mol. The van der Waals surface area contributed by atoms with Crippen LogP contribution in [0.3, 0.4) is 0 Å². The normalized spacial score (nSPS) is 23.6. The van der Waals surface area contributed by atoms with Crippen molar-refractivity contribution in [2.45, 2.75) is 31.5 Å². The number of rotatable bonds is 2. The highest BCUT2D eigenvalue weighted by Crippen LogP contribution is 2.33. The first-order valence-corrected chi connectivity index (χ1v) is 5.95. The Labute approximate surface area is 107 Å². The van der Waals surface area contributed by atoms with E-state index in [9.17, 15) is 22.4 Å². The summed E-state index contributed by atoms with van der Waals surface area (Å²) < 4.78 is 50.5. The zero-order valence-corrected chi connectivity index (χ0v) is 10.0. The smallest absolute Gasteiger partial charge is 0.328 e. The highest BCUT2D eigenvalue weighted by atomic mass is 19.4. The molecule has 2 N–H and O–H groups in total. The molecule has 6 heteroatoms. The van der Waals surface area contributed by atoms with E-state index >= 15 is 0 Å². The van der Waals surface area contributed by atoms with Crippen LogP contribution in [0.15, 0.2) is 18.2 Å². The van der Waals surface area contributed by atoms with Gasteiger partial charge in [-0.15, -0.1) is 0 Å². The number of hydrogen-bond acceptors (Lipinski definition) is 2. The van der Waals surface area contributed by atoms with E-state index in [0.29, 0.717) is 31.4 Å². The molecule has 0 spiro atoms. The first-order chi connectivity index (χ1) is 8.79. The van der Waals surface area contributed by atoms with Crippen molar-refractivity contribution >= 4 is 5.78 Å². The molecule has 2 rings (SSSR count).